The third-order valence-electron chi connectivity index (χ3n) is 5.48. The maximum Gasteiger partial charge on any atom is 0.252 e. The van der Waals surface area contributed by atoms with Crippen molar-refractivity contribution < 1.29 is 9.18 Å². The van der Waals surface area contributed by atoms with Gasteiger partial charge in [0, 0.05) is 16.9 Å². The van der Waals surface area contributed by atoms with Crippen LogP contribution in [0.3, 0.4) is 0 Å². The quantitative estimate of drug-likeness (QED) is 0.296. The van der Waals surface area contributed by atoms with E-state index in [0.717, 1.165) is 21.9 Å². The first kappa shape index (κ1) is 22.4. The molecule has 0 aliphatic heterocycles. The maximum absolute atomic E-state index is 13.1. The van der Waals surface area contributed by atoms with Gasteiger partial charge in [-0.15, -0.1) is 0 Å². The van der Waals surface area contributed by atoms with Crippen molar-refractivity contribution in [1.29, 1.82) is 0 Å². The molecule has 0 spiro atoms. The van der Waals surface area contributed by atoms with Gasteiger partial charge in [0.25, 0.3) is 5.91 Å². The Bertz CT molecular complexity index is 1320. The molecule has 4 aromatic carbocycles. The van der Waals surface area contributed by atoms with Gasteiger partial charge >= 0.3 is 0 Å². The van der Waals surface area contributed by atoms with Crippen molar-refractivity contribution >= 4 is 45.4 Å². The first-order valence-corrected chi connectivity index (χ1v) is 11.0. The zero-order chi connectivity index (χ0) is 23.4. The van der Waals surface area contributed by atoms with E-state index < -0.39 is 0 Å². The van der Waals surface area contributed by atoms with Crippen molar-refractivity contribution in [3.63, 3.8) is 0 Å². The lowest BCUT2D eigenvalue weighted by atomic mass is 9.99. The largest absolute Gasteiger partial charge is 0.345 e. The molecular weight excluding hydrogens is 433 g/mol. The third-order valence-corrected chi connectivity index (χ3v) is 5.68. The molecule has 0 saturated carbocycles. The van der Waals surface area contributed by atoms with Crippen LogP contribution in [0.5, 0.6) is 0 Å². The second-order valence-electron chi connectivity index (χ2n) is 7.88. The number of hydrogen-bond acceptors (Lipinski definition) is 2. The Morgan fingerprint density at radius 3 is 2.33 bits per heavy atom. The zero-order valence-corrected chi connectivity index (χ0v) is 19.2. The molecule has 1 amide bonds. The monoisotopic (exact) mass is 457 g/mol. The van der Waals surface area contributed by atoms with Crippen LogP contribution in [0.15, 0.2) is 84.9 Å². The Labute approximate surface area is 197 Å². The van der Waals surface area contributed by atoms with E-state index in [4.69, 9.17) is 12.2 Å². The van der Waals surface area contributed by atoms with Crippen LogP contribution in [0.4, 0.5) is 15.8 Å². The van der Waals surface area contributed by atoms with Crippen molar-refractivity contribution in [3.8, 4) is 0 Å². The van der Waals surface area contributed by atoms with Gasteiger partial charge < -0.3 is 16.0 Å². The molecule has 0 aromatic heterocycles. The number of hydrogen-bond donors (Lipinski definition) is 3. The Balaban J connectivity index is 1.48. The fourth-order valence-electron chi connectivity index (χ4n) is 3.75. The van der Waals surface area contributed by atoms with Gasteiger partial charge in [0.2, 0.25) is 0 Å². The highest BCUT2D eigenvalue weighted by molar-refractivity contribution is 7.80. The Morgan fingerprint density at radius 2 is 1.55 bits per heavy atom. The lowest BCUT2D eigenvalue weighted by Gasteiger charge is -2.18. The number of fused-ring (bicyclic) bond motifs is 1. The molecule has 0 saturated heterocycles. The second kappa shape index (κ2) is 9.79. The number of carbonyl (C=O) groups excluding carboxylic acids is 1. The van der Waals surface area contributed by atoms with Crippen molar-refractivity contribution in [2.24, 2.45) is 0 Å². The number of halogens is 1. The number of aryl methyl sites for hydroxylation is 1. The number of rotatable bonds is 5. The van der Waals surface area contributed by atoms with Crippen molar-refractivity contribution in [2.45, 2.75) is 19.9 Å². The molecule has 3 N–H and O–H groups in total. The van der Waals surface area contributed by atoms with Gasteiger partial charge in [0.05, 0.1) is 6.04 Å². The van der Waals surface area contributed by atoms with Crippen LogP contribution in [0.2, 0.25) is 0 Å². The van der Waals surface area contributed by atoms with Gasteiger partial charge in [-0.25, -0.2) is 4.39 Å². The molecule has 6 heteroatoms. The minimum absolute atomic E-state index is 0.158. The van der Waals surface area contributed by atoms with E-state index in [1.165, 1.54) is 12.1 Å². The highest BCUT2D eigenvalue weighted by Gasteiger charge is 2.16. The summed E-state index contributed by atoms with van der Waals surface area (Å²) in [5.41, 5.74) is 3.85. The fourth-order valence-corrected chi connectivity index (χ4v) is 3.99. The molecule has 0 radical (unpaired) electrons. The predicted octanol–water partition coefficient (Wildman–Crippen LogP) is 6.59. The van der Waals surface area contributed by atoms with Gasteiger partial charge in [-0.05, 0) is 84.4 Å². The summed E-state index contributed by atoms with van der Waals surface area (Å²) in [7, 11) is 0. The topological polar surface area (TPSA) is 53.2 Å². The van der Waals surface area contributed by atoms with Crippen LogP contribution in [0, 0.1) is 12.7 Å². The minimum Gasteiger partial charge on any atom is -0.345 e. The van der Waals surface area contributed by atoms with Crippen molar-refractivity contribution in [2.75, 3.05) is 10.6 Å². The molecule has 0 unspecified atom stereocenters. The van der Waals surface area contributed by atoms with Gasteiger partial charge in [-0.1, -0.05) is 48.5 Å². The fraction of sp³-hybridized carbons (Fsp3) is 0.111. The lowest BCUT2D eigenvalue weighted by molar-refractivity contribution is 0.0939. The number of benzene rings is 4. The second-order valence-corrected chi connectivity index (χ2v) is 8.29. The highest BCUT2D eigenvalue weighted by Crippen LogP contribution is 2.25. The zero-order valence-electron chi connectivity index (χ0n) is 18.4. The van der Waals surface area contributed by atoms with Crippen LogP contribution in [0.25, 0.3) is 10.8 Å². The molecule has 1 atom stereocenters. The standard InChI is InChI=1S/C27H24FN3OS/c1-17-10-13-22(31-27(33)30-21-14-11-20(28)12-15-21)16-25(17)26(32)29-18(2)23-9-5-7-19-6-3-4-8-24(19)23/h3-16,18H,1-2H3,(H,29,32)(H2,30,31,33)/t18-/m1/s1. The summed E-state index contributed by atoms with van der Waals surface area (Å²) in [5.74, 6) is -0.472. The van der Waals surface area contributed by atoms with E-state index >= 15 is 0 Å². The van der Waals surface area contributed by atoms with Gasteiger partial charge in [0.15, 0.2) is 5.11 Å². The normalized spacial score (nSPS) is 11.6. The number of nitrogens with one attached hydrogen (secondary N) is 3. The molecule has 4 aromatic rings. The van der Waals surface area contributed by atoms with Gasteiger partial charge in [0.1, 0.15) is 5.82 Å². The first-order chi connectivity index (χ1) is 15.9. The summed E-state index contributed by atoms with van der Waals surface area (Å²) in [5, 5.41) is 11.8. The third kappa shape index (κ3) is 5.35. The molecule has 0 fully saturated rings. The SMILES string of the molecule is Cc1ccc(NC(=S)Nc2ccc(F)cc2)cc1C(=O)N[C@H](C)c1cccc2ccccc12. The number of carbonyl (C=O) groups is 1. The minimum atomic E-state index is -0.314. The summed E-state index contributed by atoms with van der Waals surface area (Å²) in [4.78, 5) is 13.1. The van der Waals surface area contributed by atoms with E-state index in [9.17, 15) is 9.18 Å². The van der Waals surface area contributed by atoms with Crippen LogP contribution in [-0.2, 0) is 0 Å². The Morgan fingerprint density at radius 1 is 0.879 bits per heavy atom. The summed E-state index contributed by atoms with van der Waals surface area (Å²) in [6.45, 7) is 3.88. The van der Waals surface area contributed by atoms with Crippen molar-refractivity contribution in [3.05, 3.63) is 107 Å². The van der Waals surface area contributed by atoms with Gasteiger partial charge in [-0.3, -0.25) is 4.79 Å². The summed E-state index contributed by atoms with van der Waals surface area (Å²) in [6, 6.07) is 25.5. The molecule has 33 heavy (non-hydrogen) atoms. The smallest absolute Gasteiger partial charge is 0.252 e. The predicted molar refractivity (Wildman–Crippen MR) is 137 cm³/mol. The molecule has 4 nitrogen and oxygen atoms in total. The first-order valence-electron chi connectivity index (χ1n) is 10.6. The molecule has 0 heterocycles. The summed E-state index contributed by atoms with van der Waals surface area (Å²) in [6.07, 6.45) is 0. The summed E-state index contributed by atoms with van der Waals surface area (Å²) < 4.78 is 13.1. The van der Waals surface area contributed by atoms with E-state index in [0.29, 0.717) is 22.1 Å². The van der Waals surface area contributed by atoms with Gasteiger partial charge in [-0.2, -0.15) is 0 Å². The maximum atomic E-state index is 13.1. The van der Waals surface area contributed by atoms with Crippen LogP contribution >= 0.6 is 12.2 Å². The van der Waals surface area contributed by atoms with Crippen molar-refractivity contribution in [1.82, 2.24) is 5.32 Å². The Kier molecular flexibility index (Phi) is 6.66. The molecular formula is C27H24FN3OS. The number of amides is 1. The van der Waals surface area contributed by atoms with Crippen LogP contribution in [0.1, 0.15) is 34.5 Å². The van der Waals surface area contributed by atoms with E-state index in [2.05, 4.69) is 34.1 Å². The summed E-state index contributed by atoms with van der Waals surface area (Å²) >= 11 is 5.35. The van der Waals surface area contributed by atoms with E-state index in [-0.39, 0.29) is 17.8 Å². The van der Waals surface area contributed by atoms with Crippen LogP contribution < -0.4 is 16.0 Å². The average Bonchev–Trinajstić information content (AvgIpc) is 2.81. The molecule has 0 aliphatic carbocycles. The number of anilines is 2. The van der Waals surface area contributed by atoms with Crippen LogP contribution in [-0.4, -0.2) is 11.0 Å². The number of thiocarbonyl (C=S) groups is 1. The Hall–Kier alpha value is -3.77. The van der Waals surface area contributed by atoms with E-state index in [1.54, 1.807) is 18.2 Å². The van der Waals surface area contributed by atoms with E-state index in [1.807, 2.05) is 50.2 Å². The highest BCUT2D eigenvalue weighted by atomic mass is 32.1. The average molecular weight is 458 g/mol. The molecule has 4 rings (SSSR count). The molecule has 0 bridgehead atoms. The molecule has 0 aliphatic rings. The lowest BCUT2D eigenvalue weighted by Crippen LogP contribution is -2.27. The molecule has 166 valence electrons.